The van der Waals surface area contributed by atoms with Crippen molar-refractivity contribution in [1.82, 2.24) is 10.3 Å². The van der Waals surface area contributed by atoms with Crippen molar-refractivity contribution in [3.8, 4) is 0 Å². The number of thioether (sulfide) groups is 1. The van der Waals surface area contributed by atoms with Gasteiger partial charge in [0.05, 0.1) is 5.69 Å². The van der Waals surface area contributed by atoms with Crippen LogP contribution < -0.4 is 5.32 Å². The topological polar surface area (TPSA) is 88.5 Å². The third-order valence-electron chi connectivity index (χ3n) is 2.84. The van der Waals surface area contributed by atoms with Gasteiger partial charge in [-0.2, -0.15) is 11.8 Å². The zero-order valence-electron chi connectivity index (χ0n) is 14.1. The summed E-state index contributed by atoms with van der Waals surface area (Å²) in [5.41, 5.74) is 0.392. The van der Waals surface area contributed by atoms with Crippen LogP contribution in [0.5, 0.6) is 0 Å². The number of carbonyl (C=O) groups is 2. The Hall–Kier alpha value is -1.28. The van der Waals surface area contributed by atoms with E-state index in [2.05, 4.69) is 10.3 Å². The first-order chi connectivity index (χ1) is 10.6. The number of thiazole rings is 1. The van der Waals surface area contributed by atoms with Crippen LogP contribution in [0.15, 0.2) is 0 Å². The largest absolute Gasteiger partial charge is 0.480 e. The molecule has 1 amide bonds. The maximum Gasteiger partial charge on any atom is 0.408 e. The number of alkyl carbamates (subject to hydrolysis) is 1. The molecule has 0 saturated carbocycles. The molecule has 0 bridgehead atoms. The summed E-state index contributed by atoms with van der Waals surface area (Å²) >= 11 is 3.27. The van der Waals surface area contributed by atoms with Gasteiger partial charge in [0, 0.05) is 10.6 Å². The molecule has 1 unspecified atom stereocenters. The lowest BCUT2D eigenvalue weighted by Gasteiger charge is -2.21. The van der Waals surface area contributed by atoms with Crippen molar-refractivity contribution in [2.24, 2.45) is 0 Å². The number of aromatic nitrogens is 1. The molecule has 130 valence electrons. The minimum absolute atomic E-state index is 0.336. The van der Waals surface area contributed by atoms with Crippen molar-refractivity contribution < 1.29 is 19.4 Å². The molecule has 1 heterocycles. The van der Waals surface area contributed by atoms with E-state index in [1.807, 2.05) is 13.8 Å². The van der Waals surface area contributed by atoms with Crippen LogP contribution in [0.3, 0.4) is 0 Å². The van der Waals surface area contributed by atoms with Crippen molar-refractivity contribution in [3.63, 3.8) is 0 Å². The highest BCUT2D eigenvalue weighted by atomic mass is 32.2. The lowest BCUT2D eigenvalue weighted by Crippen LogP contribution is -2.43. The molecule has 0 aromatic carbocycles. The van der Waals surface area contributed by atoms with Crippen LogP contribution >= 0.6 is 23.1 Å². The second kappa shape index (κ2) is 8.54. The molecule has 23 heavy (non-hydrogen) atoms. The van der Waals surface area contributed by atoms with Gasteiger partial charge in [0.2, 0.25) is 0 Å². The standard InChI is InChI=1S/C15H24N2O4S2/c1-9-10(2)23-12(16-9)8-22-7-6-11(13(18)19)17-14(20)21-15(3,4)5/h11H,6-8H2,1-5H3,(H,17,20)(H,18,19). The smallest absolute Gasteiger partial charge is 0.408 e. The van der Waals surface area contributed by atoms with Gasteiger partial charge in [0.15, 0.2) is 0 Å². The minimum atomic E-state index is -1.06. The van der Waals surface area contributed by atoms with E-state index >= 15 is 0 Å². The fraction of sp³-hybridized carbons (Fsp3) is 0.667. The first-order valence-electron chi connectivity index (χ1n) is 7.31. The number of hydrogen-bond donors (Lipinski definition) is 2. The number of ether oxygens (including phenoxy) is 1. The van der Waals surface area contributed by atoms with Gasteiger partial charge in [0.25, 0.3) is 0 Å². The van der Waals surface area contributed by atoms with Crippen LogP contribution in [0.25, 0.3) is 0 Å². The summed E-state index contributed by atoms with van der Waals surface area (Å²) in [7, 11) is 0. The average molecular weight is 361 g/mol. The normalized spacial score (nSPS) is 12.7. The zero-order valence-corrected chi connectivity index (χ0v) is 15.8. The molecule has 0 fully saturated rings. The van der Waals surface area contributed by atoms with Gasteiger partial charge in [0.1, 0.15) is 16.7 Å². The summed E-state index contributed by atoms with van der Waals surface area (Å²) in [5.74, 6) is 0.306. The lowest BCUT2D eigenvalue weighted by molar-refractivity contribution is -0.139. The number of carboxylic acid groups (broad SMARTS) is 1. The zero-order chi connectivity index (χ0) is 17.6. The predicted molar refractivity (Wildman–Crippen MR) is 93.2 cm³/mol. The van der Waals surface area contributed by atoms with Crippen molar-refractivity contribution in [2.45, 2.75) is 58.4 Å². The second-order valence-corrected chi connectivity index (χ2v) is 8.52. The molecule has 8 heteroatoms. The van der Waals surface area contributed by atoms with Gasteiger partial charge in [-0.3, -0.25) is 0 Å². The van der Waals surface area contributed by atoms with Crippen molar-refractivity contribution in [3.05, 3.63) is 15.6 Å². The van der Waals surface area contributed by atoms with Gasteiger partial charge in [-0.1, -0.05) is 0 Å². The Kier molecular flexibility index (Phi) is 7.34. The van der Waals surface area contributed by atoms with Gasteiger partial charge < -0.3 is 15.2 Å². The van der Waals surface area contributed by atoms with Gasteiger partial charge in [-0.15, -0.1) is 11.3 Å². The molecule has 0 radical (unpaired) electrons. The highest BCUT2D eigenvalue weighted by molar-refractivity contribution is 7.98. The first kappa shape index (κ1) is 19.8. The molecule has 2 N–H and O–H groups in total. The third kappa shape index (κ3) is 7.69. The minimum Gasteiger partial charge on any atom is -0.480 e. The van der Waals surface area contributed by atoms with Gasteiger partial charge in [-0.05, 0) is 46.8 Å². The fourth-order valence-corrected chi connectivity index (χ4v) is 3.67. The number of aryl methyl sites for hydroxylation is 2. The van der Waals surface area contributed by atoms with E-state index in [-0.39, 0.29) is 0 Å². The number of carbonyl (C=O) groups excluding carboxylic acids is 1. The molecule has 1 aromatic heterocycles. The van der Waals surface area contributed by atoms with E-state index in [1.54, 1.807) is 43.9 Å². The molecule has 0 aliphatic rings. The van der Waals surface area contributed by atoms with Crippen LogP contribution in [-0.2, 0) is 15.3 Å². The summed E-state index contributed by atoms with van der Waals surface area (Å²) in [6.45, 7) is 9.21. The fourth-order valence-electron chi connectivity index (χ4n) is 1.67. The Balaban J connectivity index is 2.38. The highest BCUT2D eigenvalue weighted by Crippen LogP contribution is 2.21. The molecule has 6 nitrogen and oxygen atoms in total. The molecule has 0 aliphatic heterocycles. The molecule has 1 rings (SSSR count). The summed E-state index contributed by atoms with van der Waals surface area (Å²) in [6, 6.07) is -0.947. The maximum absolute atomic E-state index is 11.7. The SMILES string of the molecule is Cc1nc(CSCCC(NC(=O)OC(C)(C)C)C(=O)O)sc1C. The number of carboxylic acids is 1. The van der Waals surface area contributed by atoms with Crippen molar-refractivity contribution >= 4 is 35.2 Å². The van der Waals surface area contributed by atoms with E-state index in [0.29, 0.717) is 12.2 Å². The van der Waals surface area contributed by atoms with E-state index in [1.165, 1.54) is 4.88 Å². The monoisotopic (exact) mass is 360 g/mol. The maximum atomic E-state index is 11.7. The van der Waals surface area contributed by atoms with Crippen LogP contribution in [-0.4, -0.2) is 39.5 Å². The number of aliphatic carboxylic acids is 1. The molecule has 1 atom stereocenters. The van der Waals surface area contributed by atoms with Crippen LogP contribution in [0, 0.1) is 13.8 Å². The van der Waals surface area contributed by atoms with Crippen molar-refractivity contribution in [1.29, 1.82) is 0 Å². The third-order valence-corrected chi connectivity index (χ3v) is 5.10. The summed E-state index contributed by atoms with van der Waals surface area (Å²) in [5, 5.41) is 12.6. The number of rotatable bonds is 7. The average Bonchev–Trinajstić information content (AvgIpc) is 2.70. The van der Waals surface area contributed by atoms with E-state index < -0.39 is 23.7 Å². The van der Waals surface area contributed by atoms with Gasteiger partial charge >= 0.3 is 12.1 Å². The number of nitrogens with one attached hydrogen (secondary N) is 1. The summed E-state index contributed by atoms with van der Waals surface area (Å²) in [6.07, 6.45) is -0.371. The number of nitrogens with zero attached hydrogens (tertiary/aromatic N) is 1. The van der Waals surface area contributed by atoms with Crippen molar-refractivity contribution in [2.75, 3.05) is 5.75 Å². The Labute approximate surface area is 145 Å². The Morgan fingerprint density at radius 3 is 2.52 bits per heavy atom. The lowest BCUT2D eigenvalue weighted by atomic mass is 10.2. The van der Waals surface area contributed by atoms with Crippen LogP contribution in [0.1, 0.15) is 42.8 Å². The van der Waals surface area contributed by atoms with E-state index in [4.69, 9.17) is 4.74 Å². The summed E-state index contributed by atoms with van der Waals surface area (Å²) in [4.78, 5) is 28.5. The Morgan fingerprint density at radius 1 is 1.39 bits per heavy atom. The second-order valence-electron chi connectivity index (χ2n) is 6.13. The molecule has 0 saturated heterocycles. The van der Waals surface area contributed by atoms with E-state index in [0.717, 1.165) is 16.5 Å². The quantitative estimate of drug-likeness (QED) is 0.725. The summed E-state index contributed by atoms with van der Waals surface area (Å²) < 4.78 is 5.08. The highest BCUT2D eigenvalue weighted by Gasteiger charge is 2.23. The Bertz CT molecular complexity index is 533. The predicted octanol–water partition coefficient (Wildman–Crippen LogP) is 3.36. The van der Waals surface area contributed by atoms with Crippen LogP contribution in [0.2, 0.25) is 0 Å². The molecular formula is C15H24N2O4S2. The van der Waals surface area contributed by atoms with Crippen LogP contribution in [0.4, 0.5) is 4.79 Å². The van der Waals surface area contributed by atoms with E-state index in [9.17, 15) is 14.7 Å². The molecular weight excluding hydrogens is 336 g/mol. The molecule has 0 aliphatic carbocycles. The number of amides is 1. The molecule has 1 aromatic rings. The Morgan fingerprint density at radius 2 is 2.04 bits per heavy atom. The first-order valence-corrected chi connectivity index (χ1v) is 9.28. The van der Waals surface area contributed by atoms with Gasteiger partial charge in [-0.25, -0.2) is 14.6 Å². The number of hydrogen-bond acceptors (Lipinski definition) is 6. The molecule has 0 spiro atoms.